The molecule has 5 rings (SSSR count). The van der Waals surface area contributed by atoms with Crippen LogP contribution in [0.2, 0.25) is 0 Å². The number of rotatable bonds is 7. The number of nitrogens with zero attached hydrogens (tertiary/aromatic N) is 1. The van der Waals surface area contributed by atoms with Gasteiger partial charge >= 0.3 is 0 Å². The molecule has 1 N–H and O–H groups in total. The van der Waals surface area contributed by atoms with Gasteiger partial charge in [0.1, 0.15) is 6.10 Å². The highest BCUT2D eigenvalue weighted by atomic mass is 16.5. The quantitative estimate of drug-likeness (QED) is 0.388. The number of pyridine rings is 1. The largest absolute Gasteiger partial charge is 0.384 e. The topological polar surface area (TPSA) is 42.4 Å². The average molecular weight is 530 g/mol. The van der Waals surface area contributed by atoms with Crippen molar-refractivity contribution in [3.63, 3.8) is 0 Å². The second kappa shape index (κ2) is 10.8. The zero-order chi connectivity index (χ0) is 28.1. The van der Waals surface area contributed by atoms with E-state index >= 15 is 0 Å². The van der Waals surface area contributed by atoms with Gasteiger partial charge in [0.15, 0.2) is 0 Å². The average Bonchev–Trinajstić information content (AvgIpc) is 3.40. The first-order valence-electron chi connectivity index (χ1n) is 15.6. The first kappa shape index (κ1) is 28.6. The Morgan fingerprint density at radius 2 is 1.62 bits per heavy atom. The molecule has 3 nitrogen and oxygen atoms in total. The van der Waals surface area contributed by atoms with Crippen LogP contribution in [0.5, 0.6) is 0 Å². The number of aliphatic hydroxyl groups is 1. The molecule has 1 fully saturated rings. The summed E-state index contributed by atoms with van der Waals surface area (Å²) in [6.07, 6.45) is 11.2. The van der Waals surface area contributed by atoms with Crippen molar-refractivity contribution < 1.29 is 9.84 Å². The van der Waals surface area contributed by atoms with E-state index in [0.717, 1.165) is 42.5 Å². The fraction of sp³-hybridized carbons (Fsp3) is 0.639. The molecule has 3 aliphatic rings. The molecular formula is C36H51NO2. The van der Waals surface area contributed by atoms with Crippen LogP contribution in [0, 0.1) is 10.8 Å². The summed E-state index contributed by atoms with van der Waals surface area (Å²) in [6, 6.07) is 8.59. The first-order chi connectivity index (χ1) is 18.4. The summed E-state index contributed by atoms with van der Waals surface area (Å²) >= 11 is 0. The Balaban J connectivity index is 1.72. The van der Waals surface area contributed by atoms with E-state index in [0.29, 0.717) is 11.3 Å². The molecule has 1 saturated carbocycles. The van der Waals surface area contributed by atoms with Crippen LogP contribution in [0.1, 0.15) is 164 Å². The van der Waals surface area contributed by atoms with Crippen molar-refractivity contribution >= 4 is 5.57 Å². The van der Waals surface area contributed by atoms with Gasteiger partial charge in [-0.25, -0.2) is 0 Å². The Labute approximate surface area is 237 Å². The van der Waals surface area contributed by atoms with Crippen molar-refractivity contribution in [2.75, 3.05) is 0 Å². The van der Waals surface area contributed by atoms with Crippen molar-refractivity contribution in [3.05, 3.63) is 69.5 Å². The second-order valence-electron chi connectivity index (χ2n) is 14.5. The number of aromatic nitrogens is 1. The highest BCUT2D eigenvalue weighted by Crippen LogP contribution is 2.57. The molecule has 1 aromatic heterocycles. The molecule has 2 unspecified atom stereocenters. The van der Waals surface area contributed by atoms with E-state index in [1.807, 2.05) is 0 Å². The fourth-order valence-corrected chi connectivity index (χ4v) is 6.90. The van der Waals surface area contributed by atoms with Gasteiger partial charge in [-0.05, 0) is 96.8 Å². The van der Waals surface area contributed by atoms with Gasteiger partial charge in [-0.3, -0.25) is 4.98 Å². The second-order valence-corrected chi connectivity index (χ2v) is 14.5. The lowest BCUT2D eigenvalue weighted by atomic mass is 9.59. The molecule has 2 aromatic rings. The van der Waals surface area contributed by atoms with E-state index in [1.165, 1.54) is 53.6 Å². The number of hydrogen-bond donors (Lipinski definition) is 1. The third-order valence-electron chi connectivity index (χ3n) is 9.97. The van der Waals surface area contributed by atoms with Gasteiger partial charge < -0.3 is 9.84 Å². The number of allylic oxidation sites excluding steroid dienone is 2. The number of aliphatic hydroxyl groups excluding tert-OH is 1. The van der Waals surface area contributed by atoms with Gasteiger partial charge in [-0.15, -0.1) is 0 Å². The van der Waals surface area contributed by atoms with E-state index in [4.69, 9.17) is 9.72 Å². The lowest BCUT2D eigenvalue weighted by Gasteiger charge is -2.49. The summed E-state index contributed by atoms with van der Waals surface area (Å²) in [5.74, 6) is 0.691. The summed E-state index contributed by atoms with van der Waals surface area (Å²) in [6.45, 7) is 18.0. The molecule has 3 atom stereocenters. The molecular weight excluding hydrogens is 478 g/mol. The van der Waals surface area contributed by atoms with Crippen molar-refractivity contribution in [2.45, 2.75) is 137 Å². The SMILES string of the molecule is CC(C)c1ccc([C@@H](O)c2c(C(C)C)nc3c(c2C2=CCCC2)C(OC(C)C(C)(C)C)CC2(CCC2)C3)cc1. The summed E-state index contributed by atoms with van der Waals surface area (Å²) < 4.78 is 7.05. The normalized spacial score (nSPS) is 22.1. The van der Waals surface area contributed by atoms with E-state index in [2.05, 4.69) is 85.7 Å². The number of ether oxygens (including phenoxy) is 1. The van der Waals surface area contributed by atoms with E-state index in [1.54, 1.807) is 0 Å². The lowest BCUT2D eigenvalue weighted by molar-refractivity contribution is -0.0928. The van der Waals surface area contributed by atoms with Gasteiger partial charge in [0.25, 0.3) is 0 Å². The van der Waals surface area contributed by atoms with Crippen LogP contribution in [0.4, 0.5) is 0 Å². The molecule has 0 amide bonds. The van der Waals surface area contributed by atoms with Gasteiger partial charge in [0.2, 0.25) is 0 Å². The molecule has 3 aliphatic carbocycles. The zero-order valence-corrected chi connectivity index (χ0v) is 25.7. The van der Waals surface area contributed by atoms with Crippen molar-refractivity contribution in [2.24, 2.45) is 10.8 Å². The lowest BCUT2D eigenvalue weighted by Crippen LogP contribution is -2.41. The van der Waals surface area contributed by atoms with E-state index in [-0.39, 0.29) is 23.5 Å². The molecule has 39 heavy (non-hydrogen) atoms. The smallest absolute Gasteiger partial charge is 0.106 e. The molecule has 3 heteroatoms. The van der Waals surface area contributed by atoms with E-state index in [9.17, 15) is 5.11 Å². The Morgan fingerprint density at radius 1 is 0.949 bits per heavy atom. The van der Waals surface area contributed by atoms with Crippen LogP contribution < -0.4 is 0 Å². The van der Waals surface area contributed by atoms with Gasteiger partial charge in [0, 0.05) is 22.5 Å². The van der Waals surface area contributed by atoms with Crippen molar-refractivity contribution in [3.8, 4) is 0 Å². The van der Waals surface area contributed by atoms with Crippen molar-refractivity contribution in [1.29, 1.82) is 0 Å². The maximum absolute atomic E-state index is 12.1. The number of benzene rings is 1. The molecule has 1 heterocycles. The Hall–Kier alpha value is -1.97. The molecule has 1 aromatic carbocycles. The molecule has 0 aliphatic heterocycles. The van der Waals surface area contributed by atoms with Gasteiger partial charge in [-0.1, -0.05) is 85.2 Å². The zero-order valence-electron chi connectivity index (χ0n) is 25.7. The number of hydrogen-bond acceptors (Lipinski definition) is 3. The standard InChI is InChI=1S/C36H51NO2/c1-22(2)25-14-16-27(17-15-25)34(38)32-30(26-12-9-10-13-26)31-28(37-33(32)23(3)4)20-36(18-11-19-36)21-29(31)39-24(5)35(6,7)8/h12,14-17,22-24,29,34,38H,9-11,13,18-21H2,1-8H3/t24?,29?,34-/m1/s1. The highest BCUT2D eigenvalue weighted by molar-refractivity contribution is 5.75. The maximum Gasteiger partial charge on any atom is 0.106 e. The number of fused-ring (bicyclic) bond motifs is 1. The summed E-state index contributed by atoms with van der Waals surface area (Å²) in [5, 5.41) is 12.1. The third kappa shape index (κ3) is 5.51. The van der Waals surface area contributed by atoms with Crippen LogP contribution in [-0.4, -0.2) is 16.2 Å². The fourth-order valence-electron chi connectivity index (χ4n) is 6.90. The van der Waals surface area contributed by atoms with Crippen molar-refractivity contribution in [1.82, 2.24) is 4.98 Å². The third-order valence-corrected chi connectivity index (χ3v) is 9.97. The van der Waals surface area contributed by atoms with Crippen LogP contribution in [0.15, 0.2) is 30.3 Å². The minimum Gasteiger partial charge on any atom is -0.384 e. The van der Waals surface area contributed by atoms with Crippen LogP contribution in [0.3, 0.4) is 0 Å². The monoisotopic (exact) mass is 529 g/mol. The Bertz CT molecular complexity index is 1210. The summed E-state index contributed by atoms with van der Waals surface area (Å²) in [7, 11) is 0. The predicted molar refractivity (Wildman–Crippen MR) is 162 cm³/mol. The Morgan fingerprint density at radius 3 is 2.13 bits per heavy atom. The highest BCUT2D eigenvalue weighted by Gasteiger charge is 2.47. The van der Waals surface area contributed by atoms with E-state index < -0.39 is 6.10 Å². The van der Waals surface area contributed by atoms with Gasteiger partial charge in [-0.2, -0.15) is 0 Å². The van der Waals surface area contributed by atoms with Crippen LogP contribution >= 0.6 is 0 Å². The Kier molecular flexibility index (Phi) is 7.90. The maximum atomic E-state index is 12.1. The molecule has 1 spiro atoms. The minimum atomic E-state index is -0.710. The first-order valence-corrected chi connectivity index (χ1v) is 15.6. The molecule has 0 saturated heterocycles. The molecule has 0 bridgehead atoms. The summed E-state index contributed by atoms with van der Waals surface area (Å²) in [5.41, 5.74) is 9.91. The minimum absolute atomic E-state index is 0.0164. The van der Waals surface area contributed by atoms with Crippen LogP contribution in [-0.2, 0) is 11.2 Å². The predicted octanol–water partition coefficient (Wildman–Crippen LogP) is 9.59. The molecule has 0 radical (unpaired) electrons. The van der Waals surface area contributed by atoms with Gasteiger partial charge in [0.05, 0.1) is 12.2 Å². The summed E-state index contributed by atoms with van der Waals surface area (Å²) in [4.78, 5) is 5.47. The van der Waals surface area contributed by atoms with Crippen LogP contribution in [0.25, 0.3) is 5.57 Å². The molecule has 212 valence electrons.